The van der Waals surface area contributed by atoms with Gasteiger partial charge in [-0.25, -0.2) is 0 Å². The molecule has 6 heteroatoms. The van der Waals surface area contributed by atoms with Gasteiger partial charge in [0.15, 0.2) is 5.96 Å². The van der Waals surface area contributed by atoms with Gasteiger partial charge in [0.25, 0.3) is 0 Å². The van der Waals surface area contributed by atoms with Crippen LogP contribution in [0.4, 0.5) is 0 Å². The van der Waals surface area contributed by atoms with E-state index in [-0.39, 0.29) is 17.2 Å². The van der Waals surface area contributed by atoms with Crippen molar-refractivity contribution in [3.8, 4) is 0 Å². The monoisotopic (exact) mass is 429 g/mol. The van der Waals surface area contributed by atoms with E-state index in [0.717, 1.165) is 83.8 Å². The Labute approximate surface area is 189 Å². The van der Waals surface area contributed by atoms with Crippen molar-refractivity contribution in [3.05, 3.63) is 35.9 Å². The Kier molecular flexibility index (Phi) is 10.9. The highest BCUT2D eigenvalue weighted by atomic mass is 16.1. The van der Waals surface area contributed by atoms with Crippen LogP contribution >= 0.6 is 0 Å². The average molecular weight is 430 g/mol. The van der Waals surface area contributed by atoms with Crippen molar-refractivity contribution in [2.24, 2.45) is 16.6 Å². The highest BCUT2D eigenvalue weighted by Crippen LogP contribution is 2.31. The molecule has 0 atom stereocenters. The number of nitrogens with two attached hydrogens (primary N) is 1. The number of nitrogens with zero attached hydrogens (tertiary/aromatic N) is 2. The molecule has 174 valence electrons. The SMILES string of the molecule is CCNC(=NCC(CC)(CC)c1ccccc1)NCCCCN1CCC(C(N)=O)CC1. The number of primary amides is 1. The van der Waals surface area contributed by atoms with E-state index in [9.17, 15) is 4.79 Å². The average Bonchev–Trinajstić information content (AvgIpc) is 2.80. The Morgan fingerprint density at radius 2 is 1.77 bits per heavy atom. The Bertz CT molecular complexity index is 664. The summed E-state index contributed by atoms with van der Waals surface area (Å²) in [6.07, 6.45) is 6.20. The van der Waals surface area contributed by atoms with Gasteiger partial charge in [-0.1, -0.05) is 44.2 Å². The van der Waals surface area contributed by atoms with Gasteiger partial charge < -0.3 is 21.3 Å². The Morgan fingerprint density at radius 1 is 1.10 bits per heavy atom. The van der Waals surface area contributed by atoms with Gasteiger partial charge in [0.2, 0.25) is 5.91 Å². The van der Waals surface area contributed by atoms with Gasteiger partial charge in [0.05, 0.1) is 6.54 Å². The highest BCUT2D eigenvalue weighted by Gasteiger charge is 2.28. The van der Waals surface area contributed by atoms with E-state index in [2.05, 4.69) is 66.6 Å². The normalized spacial score (nSPS) is 16.3. The third-order valence-corrected chi connectivity index (χ3v) is 6.81. The van der Waals surface area contributed by atoms with Gasteiger partial charge in [-0.05, 0) is 70.6 Å². The molecule has 0 saturated carbocycles. The van der Waals surface area contributed by atoms with E-state index >= 15 is 0 Å². The minimum atomic E-state index is -0.137. The summed E-state index contributed by atoms with van der Waals surface area (Å²) < 4.78 is 0. The predicted molar refractivity (Wildman–Crippen MR) is 130 cm³/mol. The summed E-state index contributed by atoms with van der Waals surface area (Å²) in [6.45, 7) is 12.3. The lowest BCUT2D eigenvalue weighted by atomic mass is 9.76. The second-order valence-electron chi connectivity index (χ2n) is 8.70. The molecule has 1 heterocycles. The molecule has 0 radical (unpaired) electrons. The summed E-state index contributed by atoms with van der Waals surface area (Å²) in [5, 5.41) is 6.91. The fourth-order valence-electron chi connectivity index (χ4n) is 4.45. The molecule has 0 bridgehead atoms. The number of amides is 1. The van der Waals surface area contributed by atoms with E-state index in [1.807, 2.05) is 0 Å². The number of benzene rings is 1. The number of nitrogens with one attached hydrogen (secondary N) is 2. The Balaban J connectivity index is 1.79. The number of aliphatic imine (C=N–C) groups is 1. The lowest BCUT2D eigenvalue weighted by Gasteiger charge is -2.31. The van der Waals surface area contributed by atoms with Crippen LogP contribution in [0.25, 0.3) is 0 Å². The van der Waals surface area contributed by atoms with Gasteiger partial charge in [0.1, 0.15) is 0 Å². The molecule has 1 aromatic carbocycles. The van der Waals surface area contributed by atoms with Crippen LogP contribution in [-0.2, 0) is 10.2 Å². The summed E-state index contributed by atoms with van der Waals surface area (Å²) >= 11 is 0. The molecule has 1 saturated heterocycles. The molecule has 4 N–H and O–H groups in total. The van der Waals surface area contributed by atoms with Crippen molar-refractivity contribution in [2.75, 3.05) is 39.3 Å². The third-order valence-electron chi connectivity index (χ3n) is 6.81. The zero-order valence-corrected chi connectivity index (χ0v) is 19.8. The van der Waals surface area contributed by atoms with E-state index in [1.165, 1.54) is 5.56 Å². The van der Waals surface area contributed by atoms with Crippen molar-refractivity contribution in [2.45, 2.75) is 64.7 Å². The van der Waals surface area contributed by atoms with Crippen molar-refractivity contribution in [1.82, 2.24) is 15.5 Å². The first-order valence-electron chi connectivity index (χ1n) is 12.1. The molecule has 1 amide bonds. The summed E-state index contributed by atoms with van der Waals surface area (Å²) in [5.41, 5.74) is 6.88. The van der Waals surface area contributed by atoms with E-state index in [4.69, 9.17) is 10.7 Å². The molecule has 6 nitrogen and oxygen atoms in total. The van der Waals surface area contributed by atoms with Crippen LogP contribution in [0.5, 0.6) is 0 Å². The lowest BCUT2D eigenvalue weighted by molar-refractivity contribution is -0.123. The topological polar surface area (TPSA) is 82.8 Å². The molecule has 1 aliphatic rings. The number of rotatable bonds is 12. The molecular formula is C25H43N5O. The van der Waals surface area contributed by atoms with Crippen LogP contribution in [-0.4, -0.2) is 56.0 Å². The fraction of sp³-hybridized carbons (Fsp3) is 0.680. The van der Waals surface area contributed by atoms with Crippen molar-refractivity contribution in [1.29, 1.82) is 0 Å². The highest BCUT2D eigenvalue weighted by molar-refractivity contribution is 5.79. The number of hydrogen-bond donors (Lipinski definition) is 3. The number of unbranched alkanes of at least 4 members (excludes halogenated alkanes) is 1. The Hall–Kier alpha value is -2.08. The minimum absolute atomic E-state index is 0.0750. The smallest absolute Gasteiger partial charge is 0.220 e. The maximum Gasteiger partial charge on any atom is 0.220 e. The maximum absolute atomic E-state index is 11.3. The number of carbonyl (C=O) groups excluding carboxylic acids is 1. The molecule has 0 unspecified atom stereocenters. The van der Waals surface area contributed by atoms with Gasteiger partial charge >= 0.3 is 0 Å². The van der Waals surface area contributed by atoms with Gasteiger partial charge in [-0.2, -0.15) is 0 Å². The number of likely N-dealkylation sites (tertiary alicyclic amines) is 1. The van der Waals surface area contributed by atoms with Crippen LogP contribution < -0.4 is 16.4 Å². The minimum Gasteiger partial charge on any atom is -0.369 e. The number of hydrogen-bond acceptors (Lipinski definition) is 3. The van der Waals surface area contributed by atoms with Gasteiger partial charge in [-0.3, -0.25) is 9.79 Å². The largest absolute Gasteiger partial charge is 0.369 e. The molecule has 2 rings (SSSR count). The van der Waals surface area contributed by atoms with E-state index in [1.54, 1.807) is 0 Å². The maximum atomic E-state index is 11.3. The van der Waals surface area contributed by atoms with E-state index < -0.39 is 0 Å². The molecule has 1 aromatic rings. The molecular weight excluding hydrogens is 386 g/mol. The number of piperidine rings is 1. The lowest BCUT2D eigenvalue weighted by Crippen LogP contribution is -2.40. The van der Waals surface area contributed by atoms with Crippen molar-refractivity contribution >= 4 is 11.9 Å². The molecule has 0 aliphatic carbocycles. The summed E-state index contributed by atoms with van der Waals surface area (Å²) in [5.74, 6) is 0.847. The van der Waals surface area contributed by atoms with Crippen LogP contribution in [0, 0.1) is 5.92 Å². The quantitative estimate of drug-likeness (QED) is 0.270. The molecule has 31 heavy (non-hydrogen) atoms. The number of guanidine groups is 1. The van der Waals surface area contributed by atoms with Crippen LogP contribution in [0.2, 0.25) is 0 Å². The summed E-state index contributed by atoms with van der Waals surface area (Å²) in [4.78, 5) is 18.7. The molecule has 0 spiro atoms. The van der Waals surface area contributed by atoms with Crippen molar-refractivity contribution in [3.63, 3.8) is 0 Å². The first-order chi connectivity index (χ1) is 15.0. The predicted octanol–water partition coefficient (Wildman–Crippen LogP) is 3.28. The van der Waals surface area contributed by atoms with Gasteiger partial charge in [0, 0.05) is 24.4 Å². The standard InChI is InChI=1S/C25H43N5O/c1-4-25(5-2,22-12-8-7-9-13-22)20-29-24(27-6-3)28-16-10-11-17-30-18-14-21(15-19-30)23(26)31/h7-9,12-13,21H,4-6,10-11,14-20H2,1-3H3,(H2,26,31)(H2,27,28,29). The van der Waals surface area contributed by atoms with E-state index in [0.29, 0.717) is 0 Å². The zero-order chi connectivity index (χ0) is 22.5. The van der Waals surface area contributed by atoms with Crippen molar-refractivity contribution < 1.29 is 4.79 Å². The van der Waals surface area contributed by atoms with Crippen LogP contribution in [0.3, 0.4) is 0 Å². The molecule has 0 aromatic heterocycles. The van der Waals surface area contributed by atoms with Crippen LogP contribution in [0.1, 0.15) is 64.9 Å². The fourth-order valence-corrected chi connectivity index (χ4v) is 4.45. The first-order valence-corrected chi connectivity index (χ1v) is 12.1. The first kappa shape index (κ1) is 25.2. The van der Waals surface area contributed by atoms with Gasteiger partial charge in [-0.15, -0.1) is 0 Å². The second kappa shape index (κ2) is 13.4. The van der Waals surface area contributed by atoms with Crippen LogP contribution in [0.15, 0.2) is 35.3 Å². The second-order valence-corrected chi connectivity index (χ2v) is 8.70. The molecule has 1 fully saturated rings. The summed E-state index contributed by atoms with van der Waals surface area (Å²) in [6, 6.07) is 10.8. The summed E-state index contributed by atoms with van der Waals surface area (Å²) in [7, 11) is 0. The zero-order valence-electron chi connectivity index (χ0n) is 19.8. The Morgan fingerprint density at radius 3 is 2.35 bits per heavy atom. The molecule has 1 aliphatic heterocycles. The number of carbonyl (C=O) groups is 1. The third kappa shape index (κ3) is 7.84.